The van der Waals surface area contributed by atoms with Gasteiger partial charge in [-0.2, -0.15) is 18.2 Å². The van der Waals surface area contributed by atoms with Gasteiger partial charge in [-0.3, -0.25) is 4.79 Å². The average molecular weight is 494 g/mol. The highest BCUT2D eigenvalue weighted by molar-refractivity contribution is 5.91. The van der Waals surface area contributed by atoms with Crippen molar-refractivity contribution in [3.8, 4) is 22.8 Å². The van der Waals surface area contributed by atoms with Crippen LogP contribution in [0.1, 0.15) is 11.1 Å². The molecule has 0 saturated carbocycles. The molecule has 0 aliphatic heterocycles. The molecule has 0 aliphatic carbocycles. The molecule has 0 atom stereocenters. The minimum Gasteiger partial charge on any atom is -0.333 e. The molecule has 0 spiro atoms. The first-order valence-electron chi connectivity index (χ1n) is 10.7. The first kappa shape index (κ1) is 23.0. The number of para-hydroxylation sites is 1. The van der Waals surface area contributed by atoms with Gasteiger partial charge in [0.25, 0.3) is 5.89 Å². The highest BCUT2D eigenvalue weighted by Crippen LogP contribution is 2.34. The molecule has 0 saturated heterocycles. The van der Waals surface area contributed by atoms with Crippen molar-refractivity contribution in [2.45, 2.75) is 19.6 Å². The highest BCUT2D eigenvalue weighted by atomic mass is 19.4. The molecule has 0 bridgehead atoms. The highest BCUT2D eigenvalue weighted by Gasteiger charge is 2.33. The fourth-order valence-corrected chi connectivity index (χ4v) is 3.71. The standard InChI is InChI=1S/C24H17F3N6O3/c1-14-6-4-7-15(12-14)20-29-22(36-31-20)16-8-5-11-32-21(16)30-33(23(32)35)13-19(34)28-18-10-3-2-9-17(18)24(25,26)27/h2-12H,13H2,1H3,(H,28,34). The lowest BCUT2D eigenvalue weighted by molar-refractivity contribution is -0.137. The fourth-order valence-electron chi connectivity index (χ4n) is 3.71. The molecule has 9 nitrogen and oxygen atoms in total. The van der Waals surface area contributed by atoms with Crippen LogP contribution >= 0.6 is 0 Å². The quantitative estimate of drug-likeness (QED) is 0.393. The number of carbonyl (C=O) groups excluding carboxylic acids is 1. The zero-order valence-corrected chi connectivity index (χ0v) is 18.7. The number of nitrogens with zero attached hydrogens (tertiary/aromatic N) is 5. The van der Waals surface area contributed by atoms with E-state index in [1.807, 2.05) is 31.2 Å². The van der Waals surface area contributed by atoms with Crippen LogP contribution in [0.25, 0.3) is 28.5 Å². The van der Waals surface area contributed by atoms with Gasteiger partial charge in [0.2, 0.25) is 11.7 Å². The maximum Gasteiger partial charge on any atom is 0.418 e. The predicted octanol–water partition coefficient (Wildman–Crippen LogP) is 4.18. The number of amides is 1. The van der Waals surface area contributed by atoms with Gasteiger partial charge >= 0.3 is 11.9 Å². The number of anilines is 1. The number of carbonyl (C=O) groups is 1. The van der Waals surface area contributed by atoms with Crippen molar-refractivity contribution in [3.63, 3.8) is 0 Å². The van der Waals surface area contributed by atoms with Gasteiger partial charge in [-0.15, -0.1) is 5.10 Å². The summed E-state index contributed by atoms with van der Waals surface area (Å²) < 4.78 is 47.1. The number of rotatable bonds is 5. The number of benzene rings is 2. The second-order valence-corrected chi connectivity index (χ2v) is 7.94. The minimum atomic E-state index is -4.65. The number of alkyl halides is 3. The van der Waals surface area contributed by atoms with E-state index in [2.05, 4.69) is 20.6 Å². The van der Waals surface area contributed by atoms with Crippen molar-refractivity contribution < 1.29 is 22.5 Å². The molecule has 36 heavy (non-hydrogen) atoms. The monoisotopic (exact) mass is 494 g/mol. The molecular formula is C24H17F3N6O3. The van der Waals surface area contributed by atoms with E-state index < -0.39 is 35.6 Å². The Morgan fingerprint density at radius 3 is 2.67 bits per heavy atom. The van der Waals surface area contributed by atoms with Gasteiger partial charge in [-0.05, 0) is 37.3 Å². The molecule has 2 aromatic carbocycles. The normalized spacial score (nSPS) is 11.7. The molecule has 182 valence electrons. The van der Waals surface area contributed by atoms with Gasteiger partial charge in [0.1, 0.15) is 6.54 Å². The lowest BCUT2D eigenvalue weighted by atomic mass is 10.1. The minimum absolute atomic E-state index is 0.109. The second kappa shape index (κ2) is 8.80. The zero-order chi connectivity index (χ0) is 25.4. The molecule has 0 unspecified atom stereocenters. The van der Waals surface area contributed by atoms with Gasteiger partial charge < -0.3 is 9.84 Å². The summed E-state index contributed by atoms with van der Waals surface area (Å²) in [5.41, 5.74) is 0.182. The van der Waals surface area contributed by atoms with Crippen LogP contribution in [0.3, 0.4) is 0 Å². The molecule has 3 aromatic heterocycles. The lowest BCUT2D eigenvalue weighted by Crippen LogP contribution is -2.28. The molecule has 0 radical (unpaired) electrons. The van der Waals surface area contributed by atoms with Crippen LogP contribution in [-0.2, 0) is 17.5 Å². The summed E-state index contributed by atoms with van der Waals surface area (Å²) in [5.74, 6) is -0.392. The van der Waals surface area contributed by atoms with Gasteiger partial charge in [-0.1, -0.05) is 41.1 Å². The molecular weight excluding hydrogens is 477 g/mol. The van der Waals surface area contributed by atoms with E-state index in [4.69, 9.17) is 4.52 Å². The van der Waals surface area contributed by atoms with Crippen molar-refractivity contribution in [2.75, 3.05) is 5.32 Å². The van der Waals surface area contributed by atoms with Crippen molar-refractivity contribution in [2.24, 2.45) is 0 Å². The van der Waals surface area contributed by atoms with E-state index in [0.717, 1.165) is 27.9 Å². The zero-order valence-electron chi connectivity index (χ0n) is 18.7. The van der Waals surface area contributed by atoms with Crippen LogP contribution < -0.4 is 11.0 Å². The molecule has 5 rings (SSSR count). The Hall–Kier alpha value is -4.74. The van der Waals surface area contributed by atoms with Crippen LogP contribution in [0.15, 0.2) is 76.2 Å². The lowest BCUT2D eigenvalue weighted by Gasteiger charge is -2.13. The molecule has 0 aliphatic rings. The number of hydrogen-bond donors (Lipinski definition) is 1. The Morgan fingerprint density at radius 1 is 1.08 bits per heavy atom. The number of aryl methyl sites for hydroxylation is 1. The maximum atomic E-state index is 13.2. The fraction of sp³-hybridized carbons (Fsp3) is 0.125. The average Bonchev–Trinajstić information content (AvgIpc) is 3.44. The van der Waals surface area contributed by atoms with Crippen molar-refractivity contribution in [1.29, 1.82) is 0 Å². The number of nitrogens with one attached hydrogen (secondary N) is 1. The summed E-state index contributed by atoms with van der Waals surface area (Å²) in [6, 6.07) is 15.3. The second-order valence-electron chi connectivity index (χ2n) is 7.94. The molecule has 3 heterocycles. The third-order valence-corrected chi connectivity index (χ3v) is 5.34. The topological polar surface area (TPSA) is 107 Å². The summed E-state index contributed by atoms with van der Waals surface area (Å²) in [6.07, 6.45) is -3.21. The van der Waals surface area contributed by atoms with Crippen LogP contribution in [0.4, 0.5) is 18.9 Å². The number of halogens is 3. The Kier molecular flexibility index (Phi) is 5.63. The van der Waals surface area contributed by atoms with Crippen LogP contribution in [0.5, 0.6) is 0 Å². The molecule has 1 N–H and O–H groups in total. The van der Waals surface area contributed by atoms with Gasteiger partial charge in [0.15, 0.2) is 5.65 Å². The largest absolute Gasteiger partial charge is 0.418 e. The Balaban J connectivity index is 1.45. The maximum absolute atomic E-state index is 13.2. The van der Waals surface area contributed by atoms with Gasteiger partial charge in [0, 0.05) is 11.8 Å². The van der Waals surface area contributed by atoms with E-state index >= 15 is 0 Å². The van der Waals surface area contributed by atoms with Crippen LogP contribution in [0.2, 0.25) is 0 Å². The Morgan fingerprint density at radius 2 is 1.89 bits per heavy atom. The van der Waals surface area contributed by atoms with E-state index in [0.29, 0.717) is 11.4 Å². The number of fused-ring (bicyclic) bond motifs is 1. The van der Waals surface area contributed by atoms with E-state index in [-0.39, 0.29) is 11.5 Å². The molecule has 5 aromatic rings. The van der Waals surface area contributed by atoms with Gasteiger partial charge in [0.05, 0.1) is 16.8 Å². The predicted molar refractivity (Wildman–Crippen MR) is 123 cm³/mol. The summed E-state index contributed by atoms with van der Waals surface area (Å²) in [5, 5.41) is 10.4. The number of pyridine rings is 1. The van der Waals surface area contributed by atoms with Crippen molar-refractivity contribution in [1.82, 2.24) is 24.3 Å². The van der Waals surface area contributed by atoms with Crippen molar-refractivity contribution >= 4 is 17.2 Å². The summed E-state index contributed by atoms with van der Waals surface area (Å²) in [4.78, 5) is 29.7. The SMILES string of the molecule is Cc1cccc(-c2noc(-c3cccn4c(=O)n(CC(=O)Nc5ccccc5C(F)(F)F)nc34)n2)c1. The summed E-state index contributed by atoms with van der Waals surface area (Å²) in [6.45, 7) is 1.33. The molecule has 1 amide bonds. The molecule has 0 fully saturated rings. The van der Waals surface area contributed by atoms with E-state index in [9.17, 15) is 22.8 Å². The van der Waals surface area contributed by atoms with Crippen molar-refractivity contribution in [3.05, 3.63) is 88.5 Å². The van der Waals surface area contributed by atoms with E-state index in [1.54, 1.807) is 12.1 Å². The first-order valence-corrected chi connectivity index (χ1v) is 10.7. The van der Waals surface area contributed by atoms with E-state index in [1.165, 1.54) is 22.7 Å². The number of aromatic nitrogens is 5. The third-order valence-electron chi connectivity index (χ3n) is 5.34. The summed E-state index contributed by atoms with van der Waals surface area (Å²) >= 11 is 0. The first-order chi connectivity index (χ1) is 17.2. The summed E-state index contributed by atoms with van der Waals surface area (Å²) in [7, 11) is 0. The van der Waals surface area contributed by atoms with Gasteiger partial charge in [-0.25, -0.2) is 13.9 Å². The smallest absolute Gasteiger partial charge is 0.333 e. The Bertz CT molecular complexity index is 1650. The van der Waals surface area contributed by atoms with Crippen LogP contribution in [0, 0.1) is 6.92 Å². The third kappa shape index (κ3) is 4.35. The Labute approximate surface area is 200 Å². The molecule has 12 heteroatoms. The number of hydrogen-bond acceptors (Lipinski definition) is 6. The van der Waals surface area contributed by atoms with Crippen LogP contribution in [-0.4, -0.2) is 30.2 Å².